The van der Waals surface area contributed by atoms with Crippen LogP contribution in [-0.2, 0) is 13.6 Å². The number of nitrogens with one attached hydrogen (secondary N) is 2. The van der Waals surface area contributed by atoms with E-state index in [0.717, 1.165) is 32.5 Å². The predicted octanol–water partition coefficient (Wildman–Crippen LogP) is 2.17. The van der Waals surface area contributed by atoms with E-state index in [1.807, 2.05) is 6.07 Å². The van der Waals surface area contributed by atoms with Gasteiger partial charge in [-0.2, -0.15) is 0 Å². The summed E-state index contributed by atoms with van der Waals surface area (Å²) in [6, 6.07) is 13.3. The van der Waals surface area contributed by atoms with Gasteiger partial charge in [-0.25, -0.2) is 4.79 Å². The normalized spacial score (nSPS) is 17.9. The van der Waals surface area contributed by atoms with E-state index in [2.05, 4.69) is 39.8 Å². The minimum Gasteiger partial charge on any atom is -0.334 e. The van der Waals surface area contributed by atoms with Gasteiger partial charge in [0.1, 0.15) is 0 Å². The number of aryl methyl sites for hydroxylation is 1. The van der Waals surface area contributed by atoms with Crippen molar-refractivity contribution in [3.8, 4) is 0 Å². The number of piperidine rings is 1. The van der Waals surface area contributed by atoms with Crippen LogP contribution in [0, 0.1) is 0 Å². The van der Waals surface area contributed by atoms with Gasteiger partial charge in [-0.1, -0.05) is 30.3 Å². The second-order valence-corrected chi connectivity index (χ2v) is 6.53. The number of rotatable bonds is 4. The molecule has 0 spiro atoms. The maximum atomic E-state index is 12.2. The van der Waals surface area contributed by atoms with Crippen LogP contribution < -0.4 is 16.2 Å². The van der Waals surface area contributed by atoms with Gasteiger partial charge in [0, 0.05) is 38.4 Å². The smallest absolute Gasteiger partial charge is 0.319 e. The van der Waals surface area contributed by atoms with Gasteiger partial charge in [-0.05, 0) is 31.0 Å². The Labute approximate surface area is 147 Å². The summed E-state index contributed by atoms with van der Waals surface area (Å²) in [7, 11) is 1.66. The first kappa shape index (κ1) is 17.2. The summed E-state index contributed by atoms with van der Waals surface area (Å²) < 4.78 is 1.44. The van der Waals surface area contributed by atoms with Gasteiger partial charge in [-0.15, -0.1) is 0 Å². The maximum absolute atomic E-state index is 12.2. The molecular weight excluding hydrogens is 316 g/mol. The van der Waals surface area contributed by atoms with Crippen LogP contribution in [0.2, 0.25) is 0 Å². The van der Waals surface area contributed by atoms with E-state index in [0.29, 0.717) is 5.69 Å². The molecule has 1 aliphatic rings. The Bertz CT molecular complexity index is 772. The number of hydrogen-bond donors (Lipinski definition) is 2. The lowest BCUT2D eigenvalue weighted by molar-refractivity contribution is 0.183. The molecule has 25 heavy (non-hydrogen) atoms. The summed E-state index contributed by atoms with van der Waals surface area (Å²) in [5.41, 5.74) is 1.80. The third-order valence-corrected chi connectivity index (χ3v) is 4.43. The maximum Gasteiger partial charge on any atom is 0.319 e. The van der Waals surface area contributed by atoms with Crippen molar-refractivity contribution in [2.45, 2.75) is 25.4 Å². The van der Waals surface area contributed by atoms with Gasteiger partial charge in [0.2, 0.25) is 5.56 Å². The molecular formula is C19H24N4O2. The minimum atomic E-state index is -0.231. The summed E-state index contributed by atoms with van der Waals surface area (Å²) in [6.07, 6.45) is 3.66. The fraction of sp³-hybridized carbons (Fsp3) is 0.368. The fourth-order valence-corrected chi connectivity index (χ4v) is 3.18. The molecule has 0 saturated carbocycles. The number of anilines is 1. The van der Waals surface area contributed by atoms with E-state index in [-0.39, 0.29) is 17.6 Å². The first-order chi connectivity index (χ1) is 12.1. The second-order valence-electron chi connectivity index (χ2n) is 6.53. The lowest BCUT2D eigenvalue weighted by Gasteiger charge is -2.33. The van der Waals surface area contributed by atoms with Gasteiger partial charge in [-0.3, -0.25) is 9.69 Å². The molecule has 2 amide bonds. The predicted molar refractivity (Wildman–Crippen MR) is 98.6 cm³/mol. The fourth-order valence-electron chi connectivity index (χ4n) is 3.18. The molecule has 1 aromatic heterocycles. The number of likely N-dealkylation sites (tertiary alicyclic amines) is 1. The Balaban J connectivity index is 1.52. The topological polar surface area (TPSA) is 66.4 Å². The van der Waals surface area contributed by atoms with Gasteiger partial charge in [0.25, 0.3) is 0 Å². The lowest BCUT2D eigenvalue weighted by atomic mass is 10.0. The molecule has 1 atom stereocenters. The molecule has 1 fully saturated rings. The largest absolute Gasteiger partial charge is 0.334 e. The Kier molecular flexibility index (Phi) is 5.50. The third-order valence-electron chi connectivity index (χ3n) is 4.43. The lowest BCUT2D eigenvalue weighted by Crippen LogP contribution is -2.48. The van der Waals surface area contributed by atoms with Crippen LogP contribution in [0.4, 0.5) is 10.5 Å². The highest BCUT2D eigenvalue weighted by Gasteiger charge is 2.21. The van der Waals surface area contributed by atoms with Crippen LogP contribution in [-0.4, -0.2) is 34.6 Å². The van der Waals surface area contributed by atoms with Crippen molar-refractivity contribution in [1.29, 1.82) is 0 Å². The highest BCUT2D eigenvalue weighted by Crippen LogP contribution is 2.14. The van der Waals surface area contributed by atoms with E-state index in [1.165, 1.54) is 16.2 Å². The molecule has 1 saturated heterocycles. The molecule has 2 aromatic rings. The molecule has 1 aliphatic heterocycles. The summed E-state index contributed by atoms with van der Waals surface area (Å²) in [6.45, 7) is 2.80. The third kappa shape index (κ3) is 4.93. The molecule has 0 bridgehead atoms. The first-order valence-electron chi connectivity index (χ1n) is 8.60. The van der Waals surface area contributed by atoms with Crippen molar-refractivity contribution in [1.82, 2.24) is 14.8 Å². The first-order valence-corrected chi connectivity index (χ1v) is 8.60. The SMILES string of the molecule is Cn1cc(NC(=O)NC2CCCN(Cc3ccccc3)C2)ccc1=O. The van der Waals surface area contributed by atoms with Crippen molar-refractivity contribution in [2.24, 2.45) is 7.05 Å². The molecule has 1 aromatic carbocycles. The van der Waals surface area contributed by atoms with Crippen molar-refractivity contribution in [3.63, 3.8) is 0 Å². The van der Waals surface area contributed by atoms with E-state index in [4.69, 9.17) is 0 Å². The Morgan fingerprint density at radius 1 is 1.20 bits per heavy atom. The number of carbonyl (C=O) groups is 1. The van der Waals surface area contributed by atoms with Crippen molar-refractivity contribution in [3.05, 3.63) is 64.6 Å². The van der Waals surface area contributed by atoms with Gasteiger partial charge >= 0.3 is 6.03 Å². The second kappa shape index (κ2) is 7.98. The summed E-state index contributed by atoms with van der Waals surface area (Å²) in [5.74, 6) is 0. The minimum absolute atomic E-state index is 0.102. The van der Waals surface area contributed by atoms with Crippen LogP contribution in [0.1, 0.15) is 18.4 Å². The highest BCUT2D eigenvalue weighted by molar-refractivity contribution is 5.89. The van der Waals surface area contributed by atoms with E-state index >= 15 is 0 Å². The highest BCUT2D eigenvalue weighted by atomic mass is 16.2. The number of nitrogens with zero attached hydrogens (tertiary/aromatic N) is 2. The monoisotopic (exact) mass is 340 g/mol. The van der Waals surface area contributed by atoms with E-state index < -0.39 is 0 Å². The van der Waals surface area contributed by atoms with E-state index in [1.54, 1.807) is 19.3 Å². The van der Waals surface area contributed by atoms with Crippen LogP contribution in [0.25, 0.3) is 0 Å². The zero-order chi connectivity index (χ0) is 17.6. The molecule has 132 valence electrons. The number of amides is 2. The molecule has 6 nitrogen and oxygen atoms in total. The Hall–Kier alpha value is -2.60. The molecule has 3 rings (SSSR count). The van der Waals surface area contributed by atoms with Crippen molar-refractivity contribution < 1.29 is 4.79 Å². The molecule has 1 unspecified atom stereocenters. The molecule has 6 heteroatoms. The average molecular weight is 340 g/mol. The number of urea groups is 1. The molecule has 0 aliphatic carbocycles. The summed E-state index contributed by atoms with van der Waals surface area (Å²) in [5, 5.41) is 5.83. The molecule has 0 radical (unpaired) electrons. The zero-order valence-electron chi connectivity index (χ0n) is 14.4. The number of benzene rings is 1. The number of pyridine rings is 1. The van der Waals surface area contributed by atoms with E-state index in [9.17, 15) is 9.59 Å². The van der Waals surface area contributed by atoms with Crippen LogP contribution in [0.15, 0.2) is 53.5 Å². The van der Waals surface area contributed by atoms with Gasteiger partial charge in [0.05, 0.1) is 5.69 Å². The standard InChI is InChI=1S/C19H24N4O2/c1-22-13-17(9-10-18(22)24)21-19(25)20-16-8-5-11-23(14-16)12-15-6-3-2-4-7-15/h2-4,6-7,9-10,13,16H,5,8,11-12,14H2,1H3,(H2,20,21,25). The number of hydrogen-bond acceptors (Lipinski definition) is 3. The summed E-state index contributed by atoms with van der Waals surface area (Å²) >= 11 is 0. The molecule has 2 N–H and O–H groups in total. The molecule has 2 heterocycles. The average Bonchev–Trinajstić information content (AvgIpc) is 2.59. The number of carbonyl (C=O) groups excluding carboxylic acids is 1. The van der Waals surface area contributed by atoms with Gasteiger partial charge < -0.3 is 15.2 Å². The zero-order valence-corrected chi connectivity index (χ0v) is 14.4. The Morgan fingerprint density at radius 2 is 2.00 bits per heavy atom. The van der Waals surface area contributed by atoms with Crippen molar-refractivity contribution >= 4 is 11.7 Å². The van der Waals surface area contributed by atoms with Gasteiger partial charge in [0.15, 0.2) is 0 Å². The van der Waals surface area contributed by atoms with Crippen LogP contribution >= 0.6 is 0 Å². The summed E-state index contributed by atoms with van der Waals surface area (Å²) in [4.78, 5) is 26.0. The number of aromatic nitrogens is 1. The van der Waals surface area contributed by atoms with Crippen molar-refractivity contribution in [2.75, 3.05) is 18.4 Å². The van der Waals surface area contributed by atoms with Crippen LogP contribution in [0.5, 0.6) is 0 Å². The quantitative estimate of drug-likeness (QED) is 0.896. The van der Waals surface area contributed by atoms with Crippen LogP contribution in [0.3, 0.4) is 0 Å². The Morgan fingerprint density at radius 3 is 2.76 bits per heavy atom.